The zero-order valence-electron chi connectivity index (χ0n) is 52.0. The van der Waals surface area contributed by atoms with E-state index in [1.54, 1.807) is 6.08 Å². The highest BCUT2D eigenvalue weighted by atomic mass is 16.7. The van der Waals surface area contributed by atoms with Crippen LogP contribution >= 0.6 is 0 Å². The van der Waals surface area contributed by atoms with Crippen molar-refractivity contribution < 1.29 is 64.6 Å². The highest BCUT2D eigenvalue weighted by Gasteiger charge is 2.51. The lowest BCUT2D eigenvalue weighted by molar-refractivity contribution is -0.359. The third-order valence-corrected chi connectivity index (χ3v) is 16.5. The fourth-order valence-corrected chi connectivity index (χ4v) is 11.0. The summed E-state index contributed by atoms with van der Waals surface area (Å²) < 4.78 is 22.8. The van der Waals surface area contributed by atoms with Crippen molar-refractivity contribution in [2.45, 2.75) is 357 Å². The molecule has 480 valence electrons. The molecule has 9 N–H and O–H groups in total. The van der Waals surface area contributed by atoms with Gasteiger partial charge >= 0.3 is 0 Å². The monoisotopic (exact) mass is 1160 g/mol. The van der Waals surface area contributed by atoms with Crippen LogP contribution in [0.5, 0.6) is 0 Å². The van der Waals surface area contributed by atoms with E-state index < -0.39 is 86.8 Å². The Balaban J connectivity index is 1.71. The molecule has 0 aromatic heterocycles. The van der Waals surface area contributed by atoms with E-state index in [9.17, 15) is 45.6 Å². The summed E-state index contributed by atoms with van der Waals surface area (Å²) in [7, 11) is 0. The summed E-state index contributed by atoms with van der Waals surface area (Å²) in [6.07, 6.45) is 51.6. The number of ether oxygens (including phenoxy) is 4. The molecule has 0 spiro atoms. The second-order valence-electron chi connectivity index (χ2n) is 23.9. The second kappa shape index (κ2) is 53.2. The third kappa shape index (κ3) is 37.5. The summed E-state index contributed by atoms with van der Waals surface area (Å²) in [5.41, 5.74) is 0. The van der Waals surface area contributed by atoms with Gasteiger partial charge in [-0.15, -0.1) is 0 Å². The highest BCUT2D eigenvalue weighted by Crippen LogP contribution is 2.30. The Bertz CT molecular complexity index is 1560. The van der Waals surface area contributed by atoms with Gasteiger partial charge in [0.05, 0.1) is 32.0 Å². The normalized spacial score (nSPS) is 24.2. The summed E-state index contributed by atoms with van der Waals surface area (Å²) in [5, 5.41) is 87.3. The largest absolute Gasteiger partial charge is 0.394 e. The fraction of sp³-hybridized carbons (Fsp3) is 0.868. The minimum absolute atomic E-state index is 0.247. The van der Waals surface area contributed by atoms with Gasteiger partial charge in [-0.25, -0.2) is 0 Å². The first-order chi connectivity index (χ1) is 40.1. The first-order valence-corrected chi connectivity index (χ1v) is 33.9. The predicted octanol–water partition coefficient (Wildman–Crippen LogP) is 13.1. The van der Waals surface area contributed by atoms with Crippen LogP contribution in [0.1, 0.15) is 284 Å². The molecule has 2 saturated heterocycles. The molecule has 0 aromatic carbocycles. The minimum Gasteiger partial charge on any atom is -0.394 e. The van der Waals surface area contributed by atoms with Crippen LogP contribution in [0.15, 0.2) is 48.6 Å². The zero-order valence-corrected chi connectivity index (χ0v) is 52.0. The molecule has 0 bridgehead atoms. The number of hydrogen-bond donors (Lipinski definition) is 9. The molecule has 0 aromatic rings. The van der Waals surface area contributed by atoms with E-state index in [1.165, 1.54) is 212 Å². The smallest absolute Gasteiger partial charge is 0.220 e. The number of rotatable bonds is 55. The topological polar surface area (TPSA) is 228 Å². The number of nitrogens with one attached hydrogen (secondary N) is 1. The van der Waals surface area contributed by atoms with E-state index in [-0.39, 0.29) is 18.9 Å². The van der Waals surface area contributed by atoms with Gasteiger partial charge in [-0.3, -0.25) is 4.79 Å². The molecule has 0 radical (unpaired) electrons. The Labute approximate surface area is 499 Å². The maximum atomic E-state index is 13.3. The van der Waals surface area contributed by atoms with E-state index >= 15 is 0 Å². The average molecular weight is 1160 g/mol. The summed E-state index contributed by atoms with van der Waals surface area (Å²) >= 11 is 0. The summed E-state index contributed by atoms with van der Waals surface area (Å²) in [4.78, 5) is 13.3. The number of amides is 1. The van der Waals surface area contributed by atoms with E-state index in [4.69, 9.17) is 18.9 Å². The van der Waals surface area contributed by atoms with Crippen molar-refractivity contribution in [1.29, 1.82) is 0 Å². The molecule has 2 aliphatic rings. The van der Waals surface area contributed by atoms with Crippen molar-refractivity contribution in [3.05, 3.63) is 48.6 Å². The van der Waals surface area contributed by atoms with Crippen molar-refractivity contribution in [3.8, 4) is 0 Å². The van der Waals surface area contributed by atoms with Crippen molar-refractivity contribution in [3.63, 3.8) is 0 Å². The fourth-order valence-electron chi connectivity index (χ4n) is 11.0. The van der Waals surface area contributed by atoms with Crippen LogP contribution in [0.2, 0.25) is 0 Å². The van der Waals surface area contributed by atoms with Crippen LogP contribution in [0, 0.1) is 0 Å². The maximum absolute atomic E-state index is 13.3. The van der Waals surface area contributed by atoms with Gasteiger partial charge in [0.15, 0.2) is 12.6 Å². The minimum atomic E-state index is -1.79. The average Bonchev–Trinajstić information content (AvgIpc) is 3.67. The molecule has 2 rings (SSSR count). The van der Waals surface area contributed by atoms with Gasteiger partial charge in [0.25, 0.3) is 0 Å². The summed E-state index contributed by atoms with van der Waals surface area (Å²) in [6, 6.07) is -0.933. The van der Waals surface area contributed by atoms with E-state index in [1.807, 2.05) is 6.08 Å². The van der Waals surface area contributed by atoms with Gasteiger partial charge in [0, 0.05) is 6.42 Å². The molecule has 1 amide bonds. The molecule has 0 aliphatic carbocycles. The Morgan fingerprint density at radius 2 is 0.817 bits per heavy atom. The van der Waals surface area contributed by atoms with Gasteiger partial charge in [0.2, 0.25) is 5.91 Å². The number of carbonyl (C=O) groups is 1. The van der Waals surface area contributed by atoms with Crippen molar-refractivity contribution >= 4 is 5.91 Å². The SMILES string of the molecule is CCCCCCC/C=C\C/C=C\CCCCCCCCCCCCCCCCCC(=O)NC(COC1OC(CO)C(OC2OC(CO)C(O)C(O)C2O)C(O)C1O)C(O)/C=C/CC/C=C/CCCCCCCCCCCCCCCCC. The predicted molar refractivity (Wildman–Crippen MR) is 332 cm³/mol. The van der Waals surface area contributed by atoms with Gasteiger partial charge in [-0.05, 0) is 64.2 Å². The van der Waals surface area contributed by atoms with Crippen LogP contribution in [0.3, 0.4) is 0 Å². The van der Waals surface area contributed by atoms with Crippen LogP contribution < -0.4 is 5.32 Å². The number of hydrogen-bond acceptors (Lipinski definition) is 13. The van der Waals surface area contributed by atoms with E-state index in [0.717, 1.165) is 38.5 Å². The Hall–Kier alpha value is -2.05. The molecular formula is C68H125NO13. The lowest BCUT2D eigenvalue weighted by atomic mass is 9.97. The Morgan fingerprint density at radius 1 is 0.439 bits per heavy atom. The molecule has 2 heterocycles. The van der Waals surface area contributed by atoms with Crippen molar-refractivity contribution in [2.24, 2.45) is 0 Å². The number of aliphatic hydroxyl groups excluding tert-OH is 8. The first-order valence-electron chi connectivity index (χ1n) is 33.9. The van der Waals surface area contributed by atoms with E-state index in [2.05, 4.69) is 55.6 Å². The molecule has 14 heteroatoms. The Morgan fingerprint density at radius 3 is 1.27 bits per heavy atom. The van der Waals surface area contributed by atoms with Gasteiger partial charge in [-0.2, -0.15) is 0 Å². The molecule has 2 fully saturated rings. The number of allylic oxidation sites excluding steroid dienone is 7. The molecule has 12 unspecified atom stereocenters. The first kappa shape index (κ1) is 76.0. The molecule has 0 saturated carbocycles. The molecule has 12 atom stereocenters. The van der Waals surface area contributed by atoms with Crippen LogP contribution in [0.25, 0.3) is 0 Å². The van der Waals surface area contributed by atoms with E-state index in [0.29, 0.717) is 12.8 Å². The van der Waals surface area contributed by atoms with Crippen LogP contribution in [0.4, 0.5) is 0 Å². The lowest BCUT2D eigenvalue weighted by Gasteiger charge is -2.46. The molecule has 14 nitrogen and oxygen atoms in total. The quantitative estimate of drug-likeness (QED) is 0.0204. The maximum Gasteiger partial charge on any atom is 0.220 e. The van der Waals surface area contributed by atoms with Crippen molar-refractivity contribution in [2.75, 3.05) is 19.8 Å². The summed E-state index contributed by atoms with van der Waals surface area (Å²) in [6.45, 7) is 2.80. The van der Waals surface area contributed by atoms with Crippen LogP contribution in [-0.4, -0.2) is 140 Å². The van der Waals surface area contributed by atoms with Gasteiger partial charge in [0.1, 0.15) is 48.8 Å². The molecule has 2 aliphatic heterocycles. The zero-order chi connectivity index (χ0) is 59.5. The molecular weight excluding hydrogens is 1040 g/mol. The standard InChI is InChI=1S/C68H125NO13/c1-3-5-7-9-11-13-15-17-19-21-23-25-26-27-28-29-30-32-34-36-38-40-42-44-46-48-50-52-60(73)69-56(57(72)51-49-47-45-43-41-39-37-35-33-31-24-22-20-18-16-14-12-10-8-6-4-2)55-79-67-65(78)63(76)66(59(54-71)81-67)82-68-64(77)62(75)61(74)58(53-70)80-68/h15,17,21,23,41,43,49,51,56-59,61-68,70-72,74-78H,3-14,16,18-20,22,24-40,42,44-48,50,52-55H2,1-2H3,(H,69,73)/b17-15-,23-21-,43-41+,51-49+. The molecule has 82 heavy (non-hydrogen) atoms. The van der Waals surface area contributed by atoms with Gasteiger partial charge in [-0.1, -0.05) is 262 Å². The highest BCUT2D eigenvalue weighted by molar-refractivity contribution is 5.76. The number of aliphatic hydroxyl groups is 8. The lowest BCUT2D eigenvalue weighted by Crippen LogP contribution is -2.65. The number of carbonyl (C=O) groups excluding carboxylic acids is 1. The number of unbranched alkanes of at least 4 members (excludes halogenated alkanes) is 36. The Kier molecular flexibility index (Phi) is 49.3. The summed E-state index contributed by atoms with van der Waals surface area (Å²) in [5.74, 6) is -0.247. The van der Waals surface area contributed by atoms with Crippen molar-refractivity contribution in [1.82, 2.24) is 5.32 Å². The van der Waals surface area contributed by atoms with Gasteiger partial charge < -0.3 is 65.1 Å². The van der Waals surface area contributed by atoms with Crippen LogP contribution in [-0.2, 0) is 23.7 Å². The second-order valence-corrected chi connectivity index (χ2v) is 23.9. The third-order valence-electron chi connectivity index (χ3n) is 16.5.